The first-order valence-corrected chi connectivity index (χ1v) is 7.68. The second-order valence-electron chi connectivity index (χ2n) is 4.93. The highest BCUT2D eigenvalue weighted by Crippen LogP contribution is 2.36. The predicted molar refractivity (Wildman–Crippen MR) is 81.1 cm³/mol. The molecule has 104 valence electrons. The molecule has 2 aromatic carbocycles. The molecule has 20 heavy (non-hydrogen) atoms. The lowest BCUT2D eigenvalue weighted by atomic mass is 10.0. The van der Waals surface area contributed by atoms with Crippen molar-refractivity contribution in [3.8, 4) is 11.5 Å². The summed E-state index contributed by atoms with van der Waals surface area (Å²) in [6, 6.07) is 13.8. The molecule has 0 spiro atoms. The third-order valence-corrected chi connectivity index (χ3v) is 4.67. The quantitative estimate of drug-likeness (QED) is 0.757. The lowest BCUT2D eigenvalue weighted by Gasteiger charge is -2.26. The molecular formula is C16H17NO2S. The van der Waals surface area contributed by atoms with Crippen molar-refractivity contribution in [2.45, 2.75) is 23.9 Å². The maximum atomic E-state index is 9.51. The SMILES string of the molecule is Oc1ccc(CNC2CCSc3ccccc32)cc1O. The Kier molecular flexibility index (Phi) is 3.85. The number of hydrogen-bond acceptors (Lipinski definition) is 4. The van der Waals surface area contributed by atoms with E-state index in [1.165, 1.54) is 16.5 Å². The number of rotatable bonds is 3. The maximum absolute atomic E-state index is 9.51. The highest BCUT2D eigenvalue weighted by molar-refractivity contribution is 7.99. The van der Waals surface area contributed by atoms with Crippen molar-refractivity contribution in [3.05, 3.63) is 53.6 Å². The Balaban J connectivity index is 1.71. The summed E-state index contributed by atoms with van der Waals surface area (Å²) in [5, 5.41) is 22.4. The van der Waals surface area contributed by atoms with Crippen LogP contribution in [0.1, 0.15) is 23.6 Å². The molecule has 0 saturated carbocycles. The highest BCUT2D eigenvalue weighted by Gasteiger charge is 2.19. The van der Waals surface area contributed by atoms with E-state index in [0.717, 1.165) is 17.7 Å². The fourth-order valence-corrected chi connectivity index (χ4v) is 3.60. The molecule has 4 heteroatoms. The molecule has 0 bridgehead atoms. The smallest absolute Gasteiger partial charge is 0.157 e. The van der Waals surface area contributed by atoms with Gasteiger partial charge in [-0.3, -0.25) is 0 Å². The predicted octanol–water partition coefficient (Wildman–Crippen LogP) is 3.42. The molecular weight excluding hydrogens is 270 g/mol. The second kappa shape index (κ2) is 5.77. The van der Waals surface area contributed by atoms with Gasteiger partial charge >= 0.3 is 0 Å². The summed E-state index contributed by atoms with van der Waals surface area (Å²) < 4.78 is 0. The van der Waals surface area contributed by atoms with Crippen LogP contribution in [0.15, 0.2) is 47.4 Å². The van der Waals surface area contributed by atoms with E-state index in [1.54, 1.807) is 6.07 Å². The van der Waals surface area contributed by atoms with Crippen LogP contribution in [0.2, 0.25) is 0 Å². The van der Waals surface area contributed by atoms with Crippen LogP contribution >= 0.6 is 11.8 Å². The van der Waals surface area contributed by atoms with E-state index in [1.807, 2.05) is 17.8 Å². The van der Waals surface area contributed by atoms with Crippen molar-refractivity contribution < 1.29 is 10.2 Å². The van der Waals surface area contributed by atoms with Crippen molar-refractivity contribution in [3.63, 3.8) is 0 Å². The lowest BCUT2D eigenvalue weighted by molar-refractivity contribution is 0.402. The Morgan fingerprint density at radius 1 is 1.10 bits per heavy atom. The normalized spacial score (nSPS) is 17.7. The Morgan fingerprint density at radius 3 is 2.80 bits per heavy atom. The molecule has 3 N–H and O–H groups in total. The van der Waals surface area contributed by atoms with E-state index in [2.05, 4.69) is 29.6 Å². The molecule has 3 rings (SSSR count). The van der Waals surface area contributed by atoms with Crippen molar-refractivity contribution >= 4 is 11.8 Å². The van der Waals surface area contributed by atoms with Gasteiger partial charge in [-0.25, -0.2) is 0 Å². The Bertz CT molecular complexity index is 615. The van der Waals surface area contributed by atoms with Crippen molar-refractivity contribution in [1.82, 2.24) is 5.32 Å². The number of fused-ring (bicyclic) bond motifs is 1. The first-order valence-electron chi connectivity index (χ1n) is 6.70. The zero-order valence-electron chi connectivity index (χ0n) is 11.0. The molecule has 0 saturated heterocycles. The van der Waals surface area contributed by atoms with Gasteiger partial charge in [-0.2, -0.15) is 0 Å². The molecule has 0 aliphatic carbocycles. The lowest BCUT2D eigenvalue weighted by Crippen LogP contribution is -2.24. The zero-order valence-corrected chi connectivity index (χ0v) is 11.9. The van der Waals surface area contributed by atoms with Crippen LogP contribution in [-0.2, 0) is 6.54 Å². The summed E-state index contributed by atoms with van der Waals surface area (Å²) in [7, 11) is 0. The molecule has 0 amide bonds. The van der Waals surface area contributed by atoms with E-state index in [4.69, 9.17) is 0 Å². The third kappa shape index (κ3) is 2.76. The van der Waals surface area contributed by atoms with Crippen LogP contribution in [0, 0.1) is 0 Å². The van der Waals surface area contributed by atoms with E-state index < -0.39 is 0 Å². The molecule has 1 aliphatic heterocycles. The van der Waals surface area contributed by atoms with Crippen LogP contribution < -0.4 is 5.32 Å². The summed E-state index contributed by atoms with van der Waals surface area (Å²) in [5.74, 6) is 0.979. The number of nitrogens with one attached hydrogen (secondary N) is 1. The second-order valence-corrected chi connectivity index (χ2v) is 6.07. The van der Waals surface area contributed by atoms with E-state index >= 15 is 0 Å². The highest BCUT2D eigenvalue weighted by atomic mass is 32.2. The summed E-state index contributed by atoms with van der Waals surface area (Å²) in [6.07, 6.45) is 1.10. The molecule has 0 radical (unpaired) electrons. The standard InChI is InChI=1S/C16H17NO2S/c18-14-6-5-11(9-15(14)19)10-17-13-7-8-20-16-4-2-1-3-12(13)16/h1-6,9,13,17-19H,7-8,10H2. The first kappa shape index (κ1) is 13.3. The molecule has 2 aromatic rings. The topological polar surface area (TPSA) is 52.5 Å². The number of benzene rings is 2. The minimum Gasteiger partial charge on any atom is -0.504 e. The van der Waals surface area contributed by atoms with Crippen molar-refractivity contribution in [2.75, 3.05) is 5.75 Å². The van der Waals surface area contributed by atoms with E-state index in [-0.39, 0.29) is 11.5 Å². The van der Waals surface area contributed by atoms with Gasteiger partial charge in [-0.05, 0) is 41.5 Å². The Hall–Kier alpha value is -1.65. The van der Waals surface area contributed by atoms with E-state index in [0.29, 0.717) is 12.6 Å². The Labute approximate surface area is 122 Å². The molecule has 1 atom stereocenters. The summed E-state index contributed by atoms with van der Waals surface area (Å²) in [5.41, 5.74) is 2.32. The van der Waals surface area contributed by atoms with E-state index in [9.17, 15) is 10.2 Å². The van der Waals surface area contributed by atoms with Crippen molar-refractivity contribution in [1.29, 1.82) is 0 Å². The van der Waals surface area contributed by atoms with Gasteiger partial charge in [-0.1, -0.05) is 24.3 Å². The first-order chi connectivity index (χ1) is 9.74. The fraction of sp³-hybridized carbons (Fsp3) is 0.250. The van der Waals surface area contributed by atoms with Crippen LogP contribution in [0.25, 0.3) is 0 Å². The number of hydrogen-bond donors (Lipinski definition) is 3. The van der Waals surface area contributed by atoms with Crippen LogP contribution in [0.5, 0.6) is 11.5 Å². The number of phenolic OH excluding ortho intramolecular Hbond substituents is 2. The minimum atomic E-state index is -0.0758. The van der Waals surface area contributed by atoms with Crippen LogP contribution in [-0.4, -0.2) is 16.0 Å². The molecule has 3 nitrogen and oxygen atoms in total. The molecule has 1 heterocycles. The van der Waals surface area contributed by atoms with Gasteiger partial charge in [0.15, 0.2) is 11.5 Å². The van der Waals surface area contributed by atoms with Gasteiger partial charge in [0.05, 0.1) is 0 Å². The molecule has 1 unspecified atom stereocenters. The zero-order chi connectivity index (χ0) is 13.9. The van der Waals surface area contributed by atoms with Gasteiger partial charge in [0.1, 0.15) is 0 Å². The van der Waals surface area contributed by atoms with Gasteiger partial charge in [0, 0.05) is 17.5 Å². The van der Waals surface area contributed by atoms with Crippen LogP contribution in [0.3, 0.4) is 0 Å². The molecule has 0 fully saturated rings. The monoisotopic (exact) mass is 287 g/mol. The molecule has 1 aliphatic rings. The number of thioether (sulfide) groups is 1. The van der Waals surface area contributed by atoms with Crippen molar-refractivity contribution in [2.24, 2.45) is 0 Å². The van der Waals surface area contributed by atoms with Gasteiger partial charge in [0.2, 0.25) is 0 Å². The summed E-state index contributed by atoms with van der Waals surface area (Å²) in [4.78, 5) is 1.35. The summed E-state index contributed by atoms with van der Waals surface area (Å²) in [6.45, 7) is 0.678. The fourth-order valence-electron chi connectivity index (χ4n) is 2.47. The van der Waals surface area contributed by atoms with Gasteiger partial charge in [-0.15, -0.1) is 11.8 Å². The number of phenols is 2. The molecule has 0 aromatic heterocycles. The summed E-state index contributed by atoms with van der Waals surface area (Å²) >= 11 is 1.91. The third-order valence-electron chi connectivity index (χ3n) is 3.55. The average molecular weight is 287 g/mol. The average Bonchev–Trinajstić information content (AvgIpc) is 2.48. The largest absolute Gasteiger partial charge is 0.504 e. The minimum absolute atomic E-state index is 0.0658. The van der Waals surface area contributed by atoms with Gasteiger partial charge in [0.25, 0.3) is 0 Å². The maximum Gasteiger partial charge on any atom is 0.157 e. The van der Waals surface area contributed by atoms with Gasteiger partial charge < -0.3 is 15.5 Å². The van der Waals surface area contributed by atoms with Crippen LogP contribution in [0.4, 0.5) is 0 Å². The number of aromatic hydroxyl groups is 2. The Morgan fingerprint density at radius 2 is 1.95 bits per heavy atom.